The Morgan fingerprint density at radius 1 is 1.20 bits per heavy atom. The monoisotopic (exact) mass is 281 g/mol. The first-order valence-corrected chi connectivity index (χ1v) is 7.16. The quantitative estimate of drug-likeness (QED) is 0.658. The molecule has 0 amide bonds. The van der Waals surface area contributed by atoms with Crippen LogP contribution in [0.2, 0.25) is 0 Å². The Balaban J connectivity index is 1.83. The summed E-state index contributed by atoms with van der Waals surface area (Å²) in [5.74, 6) is -0.688. The molecule has 0 aromatic heterocycles. The Kier molecular flexibility index (Phi) is 5.32. The second kappa shape index (κ2) is 7.22. The maximum atomic E-state index is 13.4. The normalized spacial score (nSPS) is 17.2. The molecular formula is C15H21F2N3. The number of halogens is 2. The second-order valence-corrected chi connectivity index (χ2v) is 5.20. The largest absolute Gasteiger partial charge is 0.370 e. The second-order valence-electron chi connectivity index (χ2n) is 5.20. The van der Waals surface area contributed by atoms with Crippen LogP contribution in [0.5, 0.6) is 0 Å². The smallest absolute Gasteiger partial charge is 0.188 e. The van der Waals surface area contributed by atoms with Gasteiger partial charge in [0.25, 0.3) is 0 Å². The molecule has 20 heavy (non-hydrogen) atoms. The highest BCUT2D eigenvalue weighted by atomic mass is 19.1. The average Bonchev–Trinajstić information content (AvgIpc) is 2.43. The number of benzene rings is 1. The van der Waals surface area contributed by atoms with Crippen molar-refractivity contribution in [2.75, 3.05) is 6.54 Å². The predicted octanol–water partition coefficient (Wildman–Crippen LogP) is 2.74. The standard InChI is InChI=1S/C15H21F2N3/c16-13-7-4-8-14(17)12(13)9-10-19-15(18)20-11-5-2-1-3-6-11/h4,7-8,11H,1-3,5-6,9-10H2,(H3,18,19,20). The van der Waals surface area contributed by atoms with Crippen LogP contribution in [0.4, 0.5) is 8.78 Å². The third-order valence-corrected chi connectivity index (χ3v) is 3.66. The maximum Gasteiger partial charge on any atom is 0.188 e. The summed E-state index contributed by atoms with van der Waals surface area (Å²) in [6.45, 7) is 0.281. The highest BCUT2D eigenvalue weighted by Gasteiger charge is 2.13. The van der Waals surface area contributed by atoms with Gasteiger partial charge in [-0.2, -0.15) is 0 Å². The number of guanidine groups is 1. The molecule has 0 unspecified atom stereocenters. The number of nitrogens with one attached hydrogen (secondary N) is 1. The third-order valence-electron chi connectivity index (χ3n) is 3.66. The third kappa shape index (κ3) is 4.18. The van der Waals surface area contributed by atoms with Crippen molar-refractivity contribution in [3.63, 3.8) is 0 Å². The topological polar surface area (TPSA) is 50.4 Å². The van der Waals surface area contributed by atoms with Gasteiger partial charge in [0.05, 0.1) is 0 Å². The van der Waals surface area contributed by atoms with E-state index < -0.39 is 11.6 Å². The van der Waals surface area contributed by atoms with Crippen LogP contribution in [-0.2, 0) is 6.42 Å². The van der Waals surface area contributed by atoms with Crippen LogP contribution >= 0.6 is 0 Å². The SMILES string of the molecule is NC(=NCCc1c(F)cccc1F)NC1CCCCC1. The first-order valence-electron chi connectivity index (χ1n) is 7.16. The maximum absolute atomic E-state index is 13.4. The zero-order valence-corrected chi connectivity index (χ0v) is 11.5. The summed E-state index contributed by atoms with van der Waals surface area (Å²) >= 11 is 0. The molecule has 110 valence electrons. The minimum Gasteiger partial charge on any atom is -0.370 e. The van der Waals surface area contributed by atoms with E-state index in [-0.39, 0.29) is 18.5 Å². The van der Waals surface area contributed by atoms with E-state index in [1.54, 1.807) is 0 Å². The number of aliphatic imine (C=N–C) groups is 1. The molecule has 0 spiro atoms. The highest BCUT2D eigenvalue weighted by Crippen LogP contribution is 2.17. The predicted molar refractivity (Wildman–Crippen MR) is 76.6 cm³/mol. The lowest BCUT2D eigenvalue weighted by Gasteiger charge is -2.23. The van der Waals surface area contributed by atoms with Crippen molar-refractivity contribution < 1.29 is 8.78 Å². The summed E-state index contributed by atoms with van der Waals surface area (Å²) in [5, 5.41) is 3.17. The van der Waals surface area contributed by atoms with E-state index in [1.807, 2.05) is 0 Å². The zero-order valence-electron chi connectivity index (χ0n) is 11.5. The van der Waals surface area contributed by atoms with Crippen molar-refractivity contribution in [2.24, 2.45) is 10.7 Å². The lowest BCUT2D eigenvalue weighted by molar-refractivity contribution is 0.412. The molecule has 1 aliphatic rings. The Bertz CT molecular complexity index is 448. The van der Waals surface area contributed by atoms with Gasteiger partial charge in [-0.1, -0.05) is 25.3 Å². The van der Waals surface area contributed by atoms with E-state index in [9.17, 15) is 8.78 Å². The Hall–Kier alpha value is -1.65. The van der Waals surface area contributed by atoms with Crippen molar-refractivity contribution in [2.45, 2.75) is 44.6 Å². The average molecular weight is 281 g/mol. The van der Waals surface area contributed by atoms with Gasteiger partial charge < -0.3 is 11.1 Å². The van der Waals surface area contributed by atoms with Gasteiger partial charge in [-0.15, -0.1) is 0 Å². The minimum absolute atomic E-state index is 0.0710. The van der Waals surface area contributed by atoms with E-state index in [2.05, 4.69) is 10.3 Å². The molecule has 0 heterocycles. The van der Waals surface area contributed by atoms with Crippen LogP contribution in [-0.4, -0.2) is 18.5 Å². The molecule has 1 aromatic carbocycles. The van der Waals surface area contributed by atoms with Crippen molar-refractivity contribution >= 4 is 5.96 Å². The van der Waals surface area contributed by atoms with Crippen molar-refractivity contribution in [1.29, 1.82) is 0 Å². The molecule has 5 heteroatoms. The molecular weight excluding hydrogens is 260 g/mol. The van der Waals surface area contributed by atoms with Crippen molar-refractivity contribution in [3.8, 4) is 0 Å². The lowest BCUT2D eigenvalue weighted by atomic mass is 9.96. The molecule has 0 atom stereocenters. The fourth-order valence-corrected chi connectivity index (χ4v) is 2.56. The summed E-state index contributed by atoms with van der Waals surface area (Å²) in [6.07, 6.45) is 6.14. The number of nitrogens with zero attached hydrogens (tertiary/aromatic N) is 1. The molecule has 3 N–H and O–H groups in total. The van der Waals surface area contributed by atoms with Gasteiger partial charge in [0.1, 0.15) is 11.6 Å². The van der Waals surface area contributed by atoms with Gasteiger partial charge in [0.15, 0.2) is 5.96 Å². The van der Waals surface area contributed by atoms with E-state index in [0.717, 1.165) is 12.8 Å². The number of rotatable bonds is 4. The zero-order chi connectivity index (χ0) is 14.4. The molecule has 1 aliphatic carbocycles. The molecule has 0 saturated heterocycles. The van der Waals surface area contributed by atoms with Gasteiger partial charge in [0.2, 0.25) is 0 Å². The van der Waals surface area contributed by atoms with Gasteiger partial charge >= 0.3 is 0 Å². The van der Waals surface area contributed by atoms with Gasteiger partial charge in [0, 0.05) is 18.2 Å². The van der Waals surface area contributed by atoms with Crippen molar-refractivity contribution in [1.82, 2.24) is 5.32 Å². The minimum atomic E-state index is -0.529. The molecule has 1 fully saturated rings. The molecule has 0 radical (unpaired) electrons. The summed E-state index contributed by atoms with van der Waals surface area (Å²) < 4.78 is 26.8. The molecule has 1 aromatic rings. The van der Waals surface area contributed by atoms with Crippen LogP contribution in [0.1, 0.15) is 37.7 Å². The first-order chi connectivity index (χ1) is 9.66. The van der Waals surface area contributed by atoms with Crippen LogP contribution in [0.3, 0.4) is 0 Å². The van der Waals surface area contributed by atoms with Gasteiger partial charge in [-0.3, -0.25) is 4.99 Å². The van der Waals surface area contributed by atoms with Crippen molar-refractivity contribution in [3.05, 3.63) is 35.4 Å². The van der Waals surface area contributed by atoms with E-state index in [1.165, 1.54) is 37.5 Å². The Morgan fingerprint density at radius 3 is 2.50 bits per heavy atom. The summed E-state index contributed by atoms with van der Waals surface area (Å²) in [6, 6.07) is 4.26. The Morgan fingerprint density at radius 2 is 1.85 bits per heavy atom. The van der Waals surface area contributed by atoms with E-state index in [4.69, 9.17) is 5.73 Å². The Labute approximate surface area is 118 Å². The van der Waals surface area contributed by atoms with Gasteiger partial charge in [-0.25, -0.2) is 8.78 Å². The molecule has 1 saturated carbocycles. The summed E-state index contributed by atoms with van der Waals surface area (Å²) in [4.78, 5) is 4.15. The van der Waals surface area contributed by atoms with Crippen LogP contribution in [0.15, 0.2) is 23.2 Å². The summed E-state index contributed by atoms with van der Waals surface area (Å²) in [5.41, 5.74) is 5.87. The van der Waals surface area contributed by atoms with E-state index in [0.29, 0.717) is 12.0 Å². The lowest BCUT2D eigenvalue weighted by Crippen LogP contribution is -2.41. The van der Waals surface area contributed by atoms with Crippen LogP contribution in [0.25, 0.3) is 0 Å². The van der Waals surface area contributed by atoms with Crippen LogP contribution < -0.4 is 11.1 Å². The van der Waals surface area contributed by atoms with E-state index >= 15 is 0 Å². The summed E-state index contributed by atoms with van der Waals surface area (Å²) in [7, 11) is 0. The van der Waals surface area contributed by atoms with Crippen LogP contribution in [0, 0.1) is 11.6 Å². The first kappa shape index (κ1) is 14.8. The fourth-order valence-electron chi connectivity index (χ4n) is 2.56. The fraction of sp³-hybridized carbons (Fsp3) is 0.533. The number of nitrogens with two attached hydrogens (primary N) is 1. The molecule has 3 nitrogen and oxygen atoms in total. The van der Waals surface area contributed by atoms with Gasteiger partial charge in [-0.05, 0) is 31.4 Å². The number of hydrogen-bond donors (Lipinski definition) is 2. The molecule has 0 bridgehead atoms. The molecule has 2 rings (SSSR count). The molecule has 0 aliphatic heterocycles. The number of hydrogen-bond acceptors (Lipinski definition) is 1. The highest BCUT2D eigenvalue weighted by molar-refractivity contribution is 5.78.